The van der Waals surface area contributed by atoms with Gasteiger partial charge in [0.05, 0.1) is 12.7 Å². The maximum Gasteiger partial charge on any atom is 0.279 e. The minimum Gasteiger partial charge on any atom is -0.347 e. The van der Waals surface area contributed by atoms with Crippen LogP contribution in [-0.4, -0.2) is 50.9 Å². The fourth-order valence-corrected chi connectivity index (χ4v) is 4.61. The molecule has 0 aromatic rings. The molecule has 0 radical (unpaired) electrons. The van der Waals surface area contributed by atoms with E-state index < -0.39 is 16.0 Å². The van der Waals surface area contributed by atoms with Gasteiger partial charge in [-0.2, -0.15) is 17.4 Å². The maximum absolute atomic E-state index is 12.2. The van der Waals surface area contributed by atoms with Crippen molar-refractivity contribution in [2.75, 3.05) is 26.2 Å². The Morgan fingerprint density at radius 2 is 1.80 bits per heavy atom. The molecule has 1 N–H and O–H groups in total. The highest BCUT2D eigenvalue weighted by atomic mass is 32.2. The van der Waals surface area contributed by atoms with Gasteiger partial charge in [0.2, 0.25) is 0 Å². The Hall–Kier alpha value is -0.210. The summed E-state index contributed by atoms with van der Waals surface area (Å²) in [5.74, 6) is -0.415. The summed E-state index contributed by atoms with van der Waals surface area (Å²) in [6.45, 7) is 2.05. The van der Waals surface area contributed by atoms with E-state index in [4.69, 9.17) is 9.47 Å². The first-order valence-corrected chi connectivity index (χ1v) is 9.10. The highest BCUT2D eigenvalue weighted by Crippen LogP contribution is 2.39. The van der Waals surface area contributed by atoms with Crippen molar-refractivity contribution in [3.63, 3.8) is 0 Å². The third-order valence-electron chi connectivity index (χ3n) is 4.43. The molecule has 2 heterocycles. The second-order valence-corrected chi connectivity index (χ2v) is 7.74. The number of hydrogen-bond donors (Lipinski definition) is 1. The van der Waals surface area contributed by atoms with Gasteiger partial charge in [0.25, 0.3) is 10.2 Å². The zero-order chi connectivity index (χ0) is 14.1. The molecule has 7 heteroatoms. The van der Waals surface area contributed by atoms with Crippen LogP contribution in [0.25, 0.3) is 0 Å². The van der Waals surface area contributed by atoms with Crippen LogP contribution in [0.2, 0.25) is 0 Å². The lowest BCUT2D eigenvalue weighted by Crippen LogP contribution is -2.46. The normalized spacial score (nSPS) is 31.1. The van der Waals surface area contributed by atoms with Gasteiger partial charge in [-0.1, -0.05) is 6.42 Å². The van der Waals surface area contributed by atoms with Crippen LogP contribution in [-0.2, 0) is 19.7 Å². The Morgan fingerprint density at radius 1 is 1.10 bits per heavy atom. The van der Waals surface area contributed by atoms with Gasteiger partial charge >= 0.3 is 0 Å². The van der Waals surface area contributed by atoms with Crippen LogP contribution in [0.4, 0.5) is 0 Å². The van der Waals surface area contributed by atoms with E-state index in [-0.39, 0.29) is 6.10 Å². The van der Waals surface area contributed by atoms with Gasteiger partial charge in [-0.15, -0.1) is 0 Å². The van der Waals surface area contributed by atoms with Crippen molar-refractivity contribution in [3.05, 3.63) is 0 Å². The Kier molecular flexibility index (Phi) is 4.33. The summed E-state index contributed by atoms with van der Waals surface area (Å²) in [4.78, 5) is 0. The van der Waals surface area contributed by atoms with Gasteiger partial charge in [-0.3, -0.25) is 0 Å². The average Bonchev–Trinajstić information content (AvgIpc) is 3.09. The third kappa shape index (κ3) is 3.17. The van der Waals surface area contributed by atoms with Crippen LogP contribution in [0, 0.1) is 0 Å². The Labute approximate surface area is 121 Å². The summed E-state index contributed by atoms with van der Waals surface area (Å²) < 4.78 is 40.2. The molecule has 20 heavy (non-hydrogen) atoms. The minimum atomic E-state index is -3.36. The maximum atomic E-state index is 12.2. The van der Waals surface area contributed by atoms with E-state index in [9.17, 15) is 8.42 Å². The summed E-state index contributed by atoms with van der Waals surface area (Å²) in [6.07, 6.45) is 6.99. The highest BCUT2D eigenvalue weighted by molar-refractivity contribution is 7.87. The van der Waals surface area contributed by atoms with Gasteiger partial charge in [-0.25, -0.2) is 0 Å². The molecule has 2 saturated heterocycles. The molecule has 3 rings (SSSR count). The molecule has 0 aromatic carbocycles. The zero-order valence-corrected chi connectivity index (χ0v) is 12.7. The van der Waals surface area contributed by atoms with Crippen LogP contribution in [0.15, 0.2) is 0 Å². The number of nitrogens with one attached hydrogen (secondary N) is 1. The molecule has 0 aromatic heterocycles. The number of rotatable bonds is 4. The molecule has 1 aliphatic carbocycles. The number of ether oxygens (including phenoxy) is 2. The predicted molar refractivity (Wildman–Crippen MR) is 74.4 cm³/mol. The van der Waals surface area contributed by atoms with Crippen molar-refractivity contribution in [3.8, 4) is 0 Å². The molecule has 3 fully saturated rings. The average molecular weight is 304 g/mol. The van der Waals surface area contributed by atoms with Gasteiger partial charge in [0.1, 0.15) is 0 Å². The topological polar surface area (TPSA) is 67.9 Å². The van der Waals surface area contributed by atoms with E-state index in [2.05, 4.69) is 4.72 Å². The largest absolute Gasteiger partial charge is 0.347 e. The lowest BCUT2D eigenvalue weighted by atomic mass is 10.2. The van der Waals surface area contributed by atoms with Gasteiger partial charge < -0.3 is 9.47 Å². The summed E-state index contributed by atoms with van der Waals surface area (Å²) in [5.41, 5.74) is 0. The summed E-state index contributed by atoms with van der Waals surface area (Å²) in [6, 6.07) is 0. The van der Waals surface area contributed by atoms with Crippen molar-refractivity contribution >= 4 is 10.2 Å². The third-order valence-corrected chi connectivity index (χ3v) is 6.00. The Balaban J connectivity index is 1.49. The van der Waals surface area contributed by atoms with E-state index in [1.54, 1.807) is 0 Å². The molecule has 0 unspecified atom stereocenters. The molecule has 1 spiro atoms. The fraction of sp³-hybridized carbons (Fsp3) is 1.00. The molecule has 3 aliphatic rings. The summed E-state index contributed by atoms with van der Waals surface area (Å²) >= 11 is 0. The standard InChI is InChI=1S/C13H24N2O4S/c16-20(17,15-8-4-1-5-9-15)14-10-12-11-18-13(19-12)6-2-3-7-13/h12,14H,1-11H2/t12-/m0/s1. The molecular formula is C13H24N2O4S. The molecule has 6 nitrogen and oxygen atoms in total. The molecule has 0 bridgehead atoms. The van der Waals surface area contributed by atoms with Crippen molar-refractivity contribution in [2.24, 2.45) is 0 Å². The minimum absolute atomic E-state index is 0.160. The van der Waals surface area contributed by atoms with Crippen LogP contribution >= 0.6 is 0 Å². The van der Waals surface area contributed by atoms with Crippen LogP contribution in [0.3, 0.4) is 0 Å². The van der Waals surface area contributed by atoms with Crippen LogP contribution in [0.1, 0.15) is 44.9 Å². The molecular weight excluding hydrogens is 280 g/mol. The molecule has 0 amide bonds. The first kappa shape index (κ1) is 14.7. The summed E-state index contributed by atoms with van der Waals surface area (Å²) in [7, 11) is -3.36. The number of hydrogen-bond acceptors (Lipinski definition) is 4. The molecule has 1 atom stereocenters. The first-order valence-electron chi connectivity index (χ1n) is 7.66. The zero-order valence-electron chi connectivity index (χ0n) is 11.8. The van der Waals surface area contributed by atoms with Crippen molar-refractivity contribution in [2.45, 2.75) is 56.8 Å². The molecule has 1 saturated carbocycles. The van der Waals surface area contributed by atoms with Gasteiger partial charge in [0.15, 0.2) is 5.79 Å². The van der Waals surface area contributed by atoms with E-state index in [1.165, 1.54) is 4.31 Å². The van der Waals surface area contributed by atoms with E-state index >= 15 is 0 Å². The SMILES string of the molecule is O=S(=O)(NC[C@H]1COC2(CCCC2)O1)N1CCCCC1. The van der Waals surface area contributed by atoms with Gasteiger partial charge in [0, 0.05) is 32.5 Å². The van der Waals surface area contributed by atoms with Crippen molar-refractivity contribution < 1.29 is 17.9 Å². The van der Waals surface area contributed by atoms with Gasteiger partial charge in [-0.05, 0) is 25.7 Å². The lowest BCUT2D eigenvalue weighted by Gasteiger charge is -2.26. The van der Waals surface area contributed by atoms with Crippen LogP contribution in [0.5, 0.6) is 0 Å². The lowest BCUT2D eigenvalue weighted by molar-refractivity contribution is -0.160. The molecule has 2 aliphatic heterocycles. The second kappa shape index (κ2) is 5.88. The second-order valence-electron chi connectivity index (χ2n) is 5.98. The van der Waals surface area contributed by atoms with Crippen LogP contribution < -0.4 is 4.72 Å². The quantitative estimate of drug-likeness (QED) is 0.841. The Bertz CT molecular complexity index is 428. The predicted octanol–water partition coefficient (Wildman–Crippen LogP) is 0.992. The van der Waals surface area contributed by atoms with E-state index in [0.29, 0.717) is 26.2 Å². The van der Waals surface area contributed by atoms with E-state index in [1.807, 2.05) is 0 Å². The molecule has 116 valence electrons. The monoisotopic (exact) mass is 304 g/mol. The van der Waals surface area contributed by atoms with E-state index in [0.717, 1.165) is 44.9 Å². The number of nitrogens with zero attached hydrogens (tertiary/aromatic N) is 1. The smallest absolute Gasteiger partial charge is 0.279 e. The fourth-order valence-electron chi connectivity index (χ4n) is 3.29. The Morgan fingerprint density at radius 3 is 2.50 bits per heavy atom. The highest BCUT2D eigenvalue weighted by Gasteiger charge is 2.43. The van der Waals surface area contributed by atoms with Crippen molar-refractivity contribution in [1.29, 1.82) is 0 Å². The summed E-state index contributed by atoms with van der Waals surface area (Å²) in [5, 5.41) is 0. The number of piperidine rings is 1. The van der Waals surface area contributed by atoms with Crippen molar-refractivity contribution in [1.82, 2.24) is 9.03 Å². The first-order chi connectivity index (χ1) is 9.60.